The zero-order chi connectivity index (χ0) is 26.3. The molecule has 0 aromatic heterocycles. The fourth-order valence-electron chi connectivity index (χ4n) is 4.22. The number of aliphatic hydroxyl groups is 1. The molecule has 0 aliphatic heterocycles. The van der Waals surface area contributed by atoms with Crippen molar-refractivity contribution in [1.82, 2.24) is 0 Å². The summed E-state index contributed by atoms with van der Waals surface area (Å²) in [5.74, 6) is -0.152. The number of phosphoric acid groups is 1. The Bertz CT molecular complexity index is 498. The molecule has 0 saturated carbocycles. The maximum Gasteiger partial charge on any atom is 0.268 e. The number of quaternary nitrogens is 1. The summed E-state index contributed by atoms with van der Waals surface area (Å²) in [6.45, 7) is 2.91. The third kappa shape index (κ3) is 26.9. The predicted octanol–water partition coefficient (Wildman–Crippen LogP) is 7.23. The molecule has 2 unspecified atom stereocenters. The van der Waals surface area contributed by atoms with Crippen molar-refractivity contribution < 1.29 is 28.1 Å². The Morgan fingerprint density at radius 2 is 1.11 bits per heavy atom. The summed E-state index contributed by atoms with van der Waals surface area (Å²) in [7, 11) is 1.62. The van der Waals surface area contributed by atoms with E-state index in [4.69, 9.17) is 9.05 Å². The van der Waals surface area contributed by atoms with Crippen molar-refractivity contribution in [2.45, 2.75) is 129 Å². The smallest absolute Gasteiger partial charge is 0.268 e. The molecule has 0 saturated heterocycles. The highest BCUT2D eigenvalue weighted by Gasteiger charge is 2.16. The van der Waals surface area contributed by atoms with Gasteiger partial charge >= 0.3 is 0 Å². The fourth-order valence-corrected chi connectivity index (χ4v) is 5.00. The summed E-state index contributed by atoms with van der Waals surface area (Å²) in [4.78, 5) is 11.9. The number of phosphoric ester groups is 1. The number of rotatable bonds is 27. The van der Waals surface area contributed by atoms with E-state index < -0.39 is 7.82 Å². The molecule has 7 heteroatoms. The average Bonchev–Trinajstić information content (AvgIpc) is 2.79. The van der Waals surface area contributed by atoms with Gasteiger partial charge in [0.15, 0.2) is 0 Å². The van der Waals surface area contributed by atoms with E-state index in [0.29, 0.717) is 11.0 Å². The van der Waals surface area contributed by atoms with E-state index in [1.807, 2.05) is 21.1 Å². The molecule has 0 fully saturated rings. The highest BCUT2D eigenvalue weighted by Crippen LogP contribution is 2.38. The first-order chi connectivity index (χ1) is 16.7. The molecule has 0 radical (unpaired) electrons. The van der Waals surface area contributed by atoms with E-state index in [0.717, 1.165) is 19.3 Å². The van der Waals surface area contributed by atoms with Crippen LogP contribution in [0.2, 0.25) is 0 Å². The van der Waals surface area contributed by atoms with Crippen molar-refractivity contribution in [3.8, 4) is 0 Å². The Labute approximate surface area is 218 Å². The highest BCUT2D eigenvalue weighted by molar-refractivity contribution is 7.45. The van der Waals surface area contributed by atoms with Gasteiger partial charge in [-0.25, -0.2) is 0 Å². The van der Waals surface area contributed by atoms with Gasteiger partial charge in [-0.15, -0.1) is 0 Å². The van der Waals surface area contributed by atoms with Gasteiger partial charge in [0.2, 0.25) is 0 Å². The van der Waals surface area contributed by atoms with Gasteiger partial charge in [-0.3, -0.25) is 4.57 Å². The quantitative estimate of drug-likeness (QED) is 0.0700. The summed E-state index contributed by atoms with van der Waals surface area (Å²) in [6, 6.07) is 0. The lowest BCUT2D eigenvalue weighted by Crippen LogP contribution is -2.37. The van der Waals surface area contributed by atoms with Crippen molar-refractivity contribution in [2.24, 2.45) is 5.92 Å². The SMILES string of the molecule is CCCCCCCCCCCCCCCCCCCCC(CO)COP(=O)([O-])OCC[N+](C)(C)C. The summed E-state index contributed by atoms with van der Waals surface area (Å²) in [5.41, 5.74) is 0. The van der Waals surface area contributed by atoms with Gasteiger partial charge in [0.05, 0.1) is 27.7 Å². The minimum Gasteiger partial charge on any atom is -0.756 e. The van der Waals surface area contributed by atoms with Crippen LogP contribution in [0.15, 0.2) is 0 Å². The van der Waals surface area contributed by atoms with Gasteiger partial charge < -0.3 is 23.5 Å². The molecule has 212 valence electrons. The van der Waals surface area contributed by atoms with E-state index in [1.165, 1.54) is 103 Å². The number of hydrogen-bond acceptors (Lipinski definition) is 5. The lowest BCUT2D eigenvalue weighted by atomic mass is 10.0. The normalized spacial score (nSPS) is 14.8. The maximum absolute atomic E-state index is 11.9. The highest BCUT2D eigenvalue weighted by atomic mass is 31.2. The molecule has 0 bridgehead atoms. The Morgan fingerprint density at radius 1 is 0.714 bits per heavy atom. The summed E-state index contributed by atoms with van der Waals surface area (Å²) in [5, 5.41) is 9.53. The molecule has 0 aromatic rings. The van der Waals surface area contributed by atoms with Crippen molar-refractivity contribution in [2.75, 3.05) is 47.5 Å². The summed E-state index contributed by atoms with van der Waals surface area (Å²) >= 11 is 0. The van der Waals surface area contributed by atoms with E-state index in [-0.39, 0.29) is 25.7 Å². The summed E-state index contributed by atoms with van der Waals surface area (Å²) in [6.07, 6.45) is 24.9. The molecular weight excluding hydrogens is 461 g/mol. The van der Waals surface area contributed by atoms with E-state index in [9.17, 15) is 14.6 Å². The molecule has 0 spiro atoms. The molecule has 2 atom stereocenters. The molecule has 6 nitrogen and oxygen atoms in total. The van der Waals surface area contributed by atoms with Gasteiger partial charge in [0.25, 0.3) is 7.82 Å². The molecule has 1 N–H and O–H groups in total. The minimum absolute atomic E-state index is 0.000607. The zero-order valence-corrected chi connectivity index (χ0v) is 24.7. The van der Waals surface area contributed by atoms with Crippen molar-refractivity contribution >= 4 is 7.82 Å². The van der Waals surface area contributed by atoms with Gasteiger partial charge in [-0.1, -0.05) is 122 Å². The molecule has 0 aromatic carbocycles. The number of hydrogen-bond donors (Lipinski definition) is 1. The number of likely N-dealkylation sites (N-methyl/N-ethyl adjacent to an activating group) is 1. The van der Waals surface area contributed by atoms with Crippen molar-refractivity contribution in [3.63, 3.8) is 0 Å². The molecule has 0 aliphatic carbocycles. The number of unbranched alkanes of at least 4 members (excludes halogenated alkanes) is 17. The van der Waals surface area contributed by atoms with Crippen LogP contribution < -0.4 is 4.89 Å². The summed E-state index contributed by atoms with van der Waals surface area (Å²) < 4.78 is 22.4. The van der Waals surface area contributed by atoms with E-state index >= 15 is 0 Å². The third-order valence-corrected chi connectivity index (χ3v) is 7.67. The fraction of sp³-hybridized carbons (Fsp3) is 1.00. The second kappa shape index (κ2) is 23.2. The van der Waals surface area contributed by atoms with Crippen LogP contribution in [0.3, 0.4) is 0 Å². The van der Waals surface area contributed by atoms with Gasteiger partial charge in [-0.05, 0) is 6.42 Å². The Hall–Kier alpha value is 0.0300. The van der Waals surface area contributed by atoms with E-state index in [1.54, 1.807) is 0 Å². The predicted molar refractivity (Wildman–Crippen MR) is 146 cm³/mol. The second-order valence-corrected chi connectivity index (χ2v) is 12.8. The number of nitrogens with zero attached hydrogens (tertiary/aromatic N) is 1. The Morgan fingerprint density at radius 3 is 1.49 bits per heavy atom. The van der Waals surface area contributed by atoms with E-state index in [2.05, 4.69) is 6.92 Å². The molecular formula is C28H60NO5P. The van der Waals surface area contributed by atoms with Crippen LogP contribution in [0.5, 0.6) is 0 Å². The zero-order valence-electron chi connectivity index (χ0n) is 23.8. The average molecular weight is 522 g/mol. The first-order valence-corrected chi connectivity index (χ1v) is 16.2. The first kappa shape index (κ1) is 35.0. The third-order valence-electron chi connectivity index (χ3n) is 6.70. The molecule has 0 aliphatic rings. The van der Waals surface area contributed by atoms with Crippen LogP contribution in [-0.4, -0.2) is 57.1 Å². The largest absolute Gasteiger partial charge is 0.756 e. The van der Waals surface area contributed by atoms with Gasteiger partial charge in [0.1, 0.15) is 13.2 Å². The van der Waals surface area contributed by atoms with Crippen LogP contribution >= 0.6 is 7.82 Å². The van der Waals surface area contributed by atoms with Crippen LogP contribution in [0.4, 0.5) is 0 Å². The van der Waals surface area contributed by atoms with Crippen molar-refractivity contribution in [3.05, 3.63) is 0 Å². The Kier molecular flexibility index (Phi) is 23.2. The molecule has 0 amide bonds. The first-order valence-electron chi connectivity index (χ1n) is 14.7. The second-order valence-electron chi connectivity index (χ2n) is 11.4. The Balaban J connectivity index is 3.49. The number of aliphatic hydroxyl groups excluding tert-OH is 1. The standard InChI is InChI=1S/C28H60NO5P/c1-5-6-7-8-9-10-11-12-13-14-15-16-17-18-19-20-21-22-23-28(26-30)27-34-35(31,32)33-25-24-29(2,3)4/h28,30H,5-27H2,1-4H3. The lowest BCUT2D eigenvalue weighted by Gasteiger charge is -2.28. The van der Waals surface area contributed by atoms with Crippen LogP contribution in [-0.2, 0) is 13.6 Å². The minimum atomic E-state index is -4.30. The van der Waals surface area contributed by atoms with Crippen LogP contribution in [0, 0.1) is 5.92 Å². The lowest BCUT2D eigenvalue weighted by molar-refractivity contribution is -0.870. The topological polar surface area (TPSA) is 78.8 Å². The molecule has 35 heavy (non-hydrogen) atoms. The van der Waals surface area contributed by atoms with Gasteiger partial charge in [-0.2, -0.15) is 0 Å². The molecule has 0 heterocycles. The molecule has 0 rings (SSSR count). The van der Waals surface area contributed by atoms with Crippen molar-refractivity contribution in [1.29, 1.82) is 0 Å². The van der Waals surface area contributed by atoms with Crippen LogP contribution in [0.25, 0.3) is 0 Å². The maximum atomic E-state index is 11.9. The van der Waals surface area contributed by atoms with Gasteiger partial charge in [0, 0.05) is 12.5 Å². The van der Waals surface area contributed by atoms with Crippen LogP contribution in [0.1, 0.15) is 129 Å². The monoisotopic (exact) mass is 521 g/mol.